The number of allylic oxidation sites excluding steroid dienone is 2. The van der Waals surface area contributed by atoms with E-state index in [4.69, 9.17) is 10.5 Å². The molecule has 1 aromatic carbocycles. The SMILES string of the molecule is C/C(=C(\F)C#N)c1ccc(C#N)cc1. The first-order valence-corrected chi connectivity index (χ1v) is 3.96. The van der Waals surface area contributed by atoms with Gasteiger partial charge in [0.2, 0.25) is 5.83 Å². The quantitative estimate of drug-likeness (QED) is 0.633. The summed E-state index contributed by atoms with van der Waals surface area (Å²) < 4.78 is 12.8. The van der Waals surface area contributed by atoms with Crippen LogP contribution in [0, 0.1) is 22.7 Å². The van der Waals surface area contributed by atoms with E-state index >= 15 is 0 Å². The highest BCUT2D eigenvalue weighted by molar-refractivity contribution is 5.68. The van der Waals surface area contributed by atoms with Crippen molar-refractivity contribution in [3.8, 4) is 12.1 Å². The second-order valence-corrected chi connectivity index (χ2v) is 2.74. The number of nitrogens with zero attached hydrogens (tertiary/aromatic N) is 2. The van der Waals surface area contributed by atoms with Crippen molar-refractivity contribution in [1.29, 1.82) is 10.5 Å². The smallest absolute Gasteiger partial charge is 0.194 e. The first-order chi connectivity index (χ1) is 6.69. The van der Waals surface area contributed by atoms with Gasteiger partial charge in [-0.25, -0.2) is 0 Å². The summed E-state index contributed by atoms with van der Waals surface area (Å²) in [6.07, 6.45) is 0. The van der Waals surface area contributed by atoms with E-state index in [0.717, 1.165) is 0 Å². The summed E-state index contributed by atoms with van der Waals surface area (Å²) in [4.78, 5) is 0. The van der Waals surface area contributed by atoms with Gasteiger partial charge in [0.05, 0.1) is 11.6 Å². The van der Waals surface area contributed by atoms with Crippen LogP contribution in [0.2, 0.25) is 0 Å². The monoisotopic (exact) mass is 186 g/mol. The molecule has 0 bridgehead atoms. The molecular weight excluding hydrogens is 179 g/mol. The minimum Gasteiger partial charge on any atom is -0.194 e. The van der Waals surface area contributed by atoms with Crippen molar-refractivity contribution in [2.75, 3.05) is 0 Å². The van der Waals surface area contributed by atoms with Crippen LogP contribution in [0.5, 0.6) is 0 Å². The molecule has 68 valence electrons. The van der Waals surface area contributed by atoms with Crippen LogP contribution in [-0.2, 0) is 0 Å². The van der Waals surface area contributed by atoms with Gasteiger partial charge in [-0.2, -0.15) is 14.9 Å². The first kappa shape index (κ1) is 9.95. The largest absolute Gasteiger partial charge is 0.203 e. The van der Waals surface area contributed by atoms with Gasteiger partial charge in [0.15, 0.2) is 0 Å². The average molecular weight is 186 g/mol. The lowest BCUT2D eigenvalue weighted by Gasteiger charge is -1.99. The molecule has 0 aliphatic heterocycles. The molecule has 0 spiro atoms. The van der Waals surface area contributed by atoms with Crippen LogP contribution in [0.4, 0.5) is 4.39 Å². The second-order valence-electron chi connectivity index (χ2n) is 2.74. The van der Waals surface area contributed by atoms with Crippen LogP contribution in [-0.4, -0.2) is 0 Å². The predicted octanol–water partition coefficient (Wildman–Crippen LogP) is 2.78. The van der Waals surface area contributed by atoms with E-state index in [9.17, 15) is 4.39 Å². The Morgan fingerprint density at radius 2 is 1.79 bits per heavy atom. The summed E-state index contributed by atoms with van der Waals surface area (Å²) in [5.74, 6) is -0.797. The highest BCUT2D eigenvalue weighted by Gasteiger charge is 2.02. The predicted molar refractivity (Wildman–Crippen MR) is 50.5 cm³/mol. The minimum absolute atomic E-state index is 0.289. The molecule has 0 aliphatic carbocycles. The molecule has 14 heavy (non-hydrogen) atoms. The molecule has 0 atom stereocenters. The van der Waals surface area contributed by atoms with Gasteiger partial charge in [-0.3, -0.25) is 0 Å². The molecule has 0 unspecified atom stereocenters. The number of benzene rings is 1. The molecule has 2 nitrogen and oxygen atoms in total. The summed E-state index contributed by atoms with van der Waals surface area (Å²) in [5, 5.41) is 16.9. The van der Waals surface area contributed by atoms with Crippen molar-refractivity contribution in [2.45, 2.75) is 6.92 Å². The van der Waals surface area contributed by atoms with Crippen molar-refractivity contribution in [3.05, 3.63) is 41.2 Å². The van der Waals surface area contributed by atoms with Crippen LogP contribution in [0.25, 0.3) is 5.57 Å². The Morgan fingerprint density at radius 1 is 1.21 bits per heavy atom. The van der Waals surface area contributed by atoms with Crippen LogP contribution in [0.3, 0.4) is 0 Å². The maximum atomic E-state index is 12.8. The maximum absolute atomic E-state index is 12.8. The number of nitriles is 2. The lowest BCUT2D eigenvalue weighted by atomic mass is 10.1. The van der Waals surface area contributed by atoms with E-state index in [2.05, 4.69) is 0 Å². The zero-order chi connectivity index (χ0) is 10.6. The molecule has 0 N–H and O–H groups in total. The van der Waals surface area contributed by atoms with Crippen molar-refractivity contribution in [3.63, 3.8) is 0 Å². The highest BCUT2D eigenvalue weighted by atomic mass is 19.1. The van der Waals surface area contributed by atoms with E-state index < -0.39 is 5.83 Å². The minimum atomic E-state index is -0.797. The molecular formula is C11H7FN2. The van der Waals surface area contributed by atoms with Crippen molar-refractivity contribution in [1.82, 2.24) is 0 Å². The van der Waals surface area contributed by atoms with E-state index in [1.807, 2.05) is 6.07 Å². The lowest BCUT2D eigenvalue weighted by molar-refractivity contribution is 0.674. The summed E-state index contributed by atoms with van der Waals surface area (Å²) in [5.41, 5.74) is 1.42. The van der Waals surface area contributed by atoms with E-state index in [-0.39, 0.29) is 5.57 Å². The molecule has 0 aromatic heterocycles. The fourth-order valence-electron chi connectivity index (χ4n) is 1.01. The third-order valence-corrected chi connectivity index (χ3v) is 1.87. The third-order valence-electron chi connectivity index (χ3n) is 1.87. The zero-order valence-electron chi connectivity index (χ0n) is 7.58. The average Bonchev–Trinajstić information content (AvgIpc) is 2.27. The molecule has 3 heteroatoms. The Labute approximate surface area is 81.5 Å². The number of rotatable bonds is 1. The molecule has 0 saturated heterocycles. The van der Waals surface area contributed by atoms with Crippen LogP contribution in [0.1, 0.15) is 18.1 Å². The summed E-state index contributed by atoms with van der Waals surface area (Å²) in [6, 6.07) is 9.81. The standard InChI is InChI=1S/C11H7FN2/c1-8(11(12)7-14)10-4-2-9(6-13)3-5-10/h2-5H,1H3/b11-8+. The third kappa shape index (κ3) is 1.97. The van der Waals surface area contributed by atoms with E-state index in [1.54, 1.807) is 24.3 Å². The van der Waals surface area contributed by atoms with Crippen molar-refractivity contribution >= 4 is 5.57 Å². The molecule has 0 aliphatic rings. The topological polar surface area (TPSA) is 47.6 Å². The van der Waals surface area contributed by atoms with Gasteiger partial charge in [0.25, 0.3) is 0 Å². The van der Waals surface area contributed by atoms with Crippen LogP contribution in [0.15, 0.2) is 30.1 Å². The zero-order valence-corrected chi connectivity index (χ0v) is 7.58. The van der Waals surface area contributed by atoms with E-state index in [1.165, 1.54) is 13.0 Å². The Kier molecular flexibility index (Phi) is 2.99. The van der Waals surface area contributed by atoms with Gasteiger partial charge in [-0.15, -0.1) is 0 Å². The number of halogens is 1. The van der Waals surface area contributed by atoms with Gasteiger partial charge in [0.1, 0.15) is 6.07 Å². The van der Waals surface area contributed by atoms with Gasteiger partial charge >= 0.3 is 0 Å². The number of hydrogen-bond acceptors (Lipinski definition) is 2. The summed E-state index contributed by atoms with van der Waals surface area (Å²) >= 11 is 0. The fraction of sp³-hybridized carbons (Fsp3) is 0.0909. The van der Waals surface area contributed by atoms with Gasteiger partial charge in [-0.1, -0.05) is 12.1 Å². The Morgan fingerprint density at radius 3 is 2.21 bits per heavy atom. The van der Waals surface area contributed by atoms with Crippen molar-refractivity contribution in [2.24, 2.45) is 0 Å². The van der Waals surface area contributed by atoms with Gasteiger partial charge in [0, 0.05) is 5.57 Å². The number of hydrogen-bond donors (Lipinski definition) is 0. The van der Waals surface area contributed by atoms with Gasteiger partial charge in [-0.05, 0) is 24.6 Å². The molecule has 0 amide bonds. The summed E-state index contributed by atoms with van der Waals surface area (Å²) in [7, 11) is 0. The molecule has 1 aromatic rings. The van der Waals surface area contributed by atoms with Gasteiger partial charge < -0.3 is 0 Å². The molecule has 0 radical (unpaired) electrons. The molecule has 0 saturated carbocycles. The van der Waals surface area contributed by atoms with Crippen molar-refractivity contribution < 1.29 is 4.39 Å². The normalized spacial score (nSPS) is 11.1. The molecule has 0 fully saturated rings. The summed E-state index contributed by atoms with van der Waals surface area (Å²) in [6.45, 7) is 1.53. The lowest BCUT2D eigenvalue weighted by Crippen LogP contribution is -1.83. The second kappa shape index (κ2) is 4.20. The molecule has 1 rings (SSSR count). The first-order valence-electron chi connectivity index (χ1n) is 3.96. The maximum Gasteiger partial charge on any atom is 0.203 e. The van der Waals surface area contributed by atoms with E-state index in [0.29, 0.717) is 11.1 Å². The van der Waals surface area contributed by atoms with Crippen LogP contribution < -0.4 is 0 Å². The molecule has 0 heterocycles. The van der Waals surface area contributed by atoms with Crippen LogP contribution >= 0.6 is 0 Å². The Balaban J connectivity index is 3.13. The highest BCUT2D eigenvalue weighted by Crippen LogP contribution is 2.18. The Bertz CT molecular complexity index is 444. The fourth-order valence-corrected chi connectivity index (χ4v) is 1.01. The Hall–Kier alpha value is -2.13.